The third-order valence-corrected chi connectivity index (χ3v) is 2.52. The van der Waals surface area contributed by atoms with Crippen LogP contribution in [0.4, 0.5) is 0 Å². The number of likely N-dealkylation sites (tertiary alicyclic amines) is 1. The maximum Gasteiger partial charge on any atom is 0.305 e. The Labute approximate surface area is 85.8 Å². The molecule has 1 aliphatic heterocycles. The van der Waals surface area contributed by atoms with Gasteiger partial charge in [-0.15, -0.1) is 12.4 Å². The molecule has 0 radical (unpaired) electrons. The lowest BCUT2D eigenvalue weighted by atomic mass is 9.94. The molecule has 13 heavy (non-hydrogen) atoms. The summed E-state index contributed by atoms with van der Waals surface area (Å²) in [6.07, 6.45) is 2.86. The Kier molecular flexibility index (Phi) is 6.08. The zero-order chi connectivity index (χ0) is 8.97. The van der Waals surface area contributed by atoms with Crippen molar-refractivity contribution in [2.75, 3.05) is 27.2 Å². The van der Waals surface area contributed by atoms with Crippen molar-refractivity contribution in [3.63, 3.8) is 0 Å². The van der Waals surface area contributed by atoms with Crippen molar-refractivity contribution in [3.05, 3.63) is 0 Å². The summed E-state index contributed by atoms with van der Waals surface area (Å²) in [6, 6.07) is 0. The molecule has 3 nitrogen and oxygen atoms in total. The molecule has 0 atom stereocenters. The van der Waals surface area contributed by atoms with Crippen LogP contribution < -0.4 is 0 Å². The van der Waals surface area contributed by atoms with Gasteiger partial charge in [-0.25, -0.2) is 0 Å². The van der Waals surface area contributed by atoms with Gasteiger partial charge < -0.3 is 9.64 Å². The van der Waals surface area contributed by atoms with Crippen molar-refractivity contribution < 1.29 is 9.53 Å². The minimum absolute atomic E-state index is 0. The first-order valence-electron chi connectivity index (χ1n) is 4.47. The van der Waals surface area contributed by atoms with E-state index in [-0.39, 0.29) is 18.4 Å². The van der Waals surface area contributed by atoms with Gasteiger partial charge in [0.2, 0.25) is 0 Å². The standard InChI is InChI=1S/C9H17NO2.ClH/c1-10-5-3-8(4-6-10)7-9(11)12-2;/h8H,3-7H2,1-2H3;1H. The second-order valence-corrected chi connectivity index (χ2v) is 3.53. The van der Waals surface area contributed by atoms with Crippen LogP contribution in [0.25, 0.3) is 0 Å². The SMILES string of the molecule is COC(=O)CC1CCN(C)CC1.Cl. The van der Waals surface area contributed by atoms with E-state index in [0.29, 0.717) is 12.3 Å². The smallest absolute Gasteiger partial charge is 0.305 e. The molecule has 1 aliphatic rings. The number of esters is 1. The number of nitrogens with zero attached hydrogens (tertiary/aromatic N) is 1. The third kappa shape index (κ3) is 4.48. The second kappa shape index (κ2) is 6.22. The van der Waals surface area contributed by atoms with Crippen LogP contribution in [-0.2, 0) is 9.53 Å². The van der Waals surface area contributed by atoms with Crippen LogP contribution >= 0.6 is 12.4 Å². The highest BCUT2D eigenvalue weighted by Crippen LogP contribution is 2.19. The molecule has 1 saturated heterocycles. The minimum Gasteiger partial charge on any atom is -0.469 e. The number of hydrogen-bond acceptors (Lipinski definition) is 3. The summed E-state index contributed by atoms with van der Waals surface area (Å²) < 4.78 is 4.63. The average molecular weight is 208 g/mol. The van der Waals surface area contributed by atoms with Gasteiger partial charge in [-0.05, 0) is 38.9 Å². The molecule has 0 bridgehead atoms. The average Bonchev–Trinajstić information content (AvgIpc) is 2.09. The highest BCUT2D eigenvalue weighted by molar-refractivity contribution is 5.85. The van der Waals surface area contributed by atoms with Crippen molar-refractivity contribution in [2.45, 2.75) is 19.3 Å². The van der Waals surface area contributed by atoms with Gasteiger partial charge >= 0.3 is 5.97 Å². The lowest BCUT2D eigenvalue weighted by Gasteiger charge is -2.28. The van der Waals surface area contributed by atoms with E-state index in [0.717, 1.165) is 25.9 Å². The summed E-state index contributed by atoms with van der Waals surface area (Å²) in [4.78, 5) is 13.2. The summed E-state index contributed by atoms with van der Waals surface area (Å²) >= 11 is 0. The topological polar surface area (TPSA) is 29.5 Å². The predicted molar refractivity (Wildman–Crippen MR) is 54.1 cm³/mol. The number of ether oxygens (including phenoxy) is 1. The Morgan fingerprint density at radius 3 is 2.46 bits per heavy atom. The van der Waals surface area contributed by atoms with Crippen LogP contribution in [0.3, 0.4) is 0 Å². The zero-order valence-corrected chi connectivity index (χ0v) is 9.10. The number of halogens is 1. The van der Waals surface area contributed by atoms with E-state index in [4.69, 9.17) is 0 Å². The fraction of sp³-hybridized carbons (Fsp3) is 0.889. The van der Waals surface area contributed by atoms with E-state index in [1.54, 1.807) is 0 Å². The van der Waals surface area contributed by atoms with E-state index < -0.39 is 0 Å². The number of rotatable bonds is 2. The summed E-state index contributed by atoms with van der Waals surface area (Å²) in [7, 11) is 3.58. The summed E-state index contributed by atoms with van der Waals surface area (Å²) in [5.74, 6) is 0.484. The molecule has 0 saturated carbocycles. The summed E-state index contributed by atoms with van der Waals surface area (Å²) in [6.45, 7) is 2.23. The summed E-state index contributed by atoms with van der Waals surface area (Å²) in [5.41, 5.74) is 0. The van der Waals surface area contributed by atoms with Crippen LogP contribution in [0.15, 0.2) is 0 Å². The maximum atomic E-state index is 10.9. The molecule has 0 unspecified atom stereocenters. The molecule has 0 amide bonds. The van der Waals surface area contributed by atoms with Gasteiger partial charge in [-0.2, -0.15) is 0 Å². The largest absolute Gasteiger partial charge is 0.469 e. The molecule has 1 heterocycles. The van der Waals surface area contributed by atoms with Crippen molar-refractivity contribution in [2.24, 2.45) is 5.92 Å². The van der Waals surface area contributed by atoms with Gasteiger partial charge in [-0.1, -0.05) is 0 Å². The van der Waals surface area contributed by atoms with E-state index in [1.165, 1.54) is 7.11 Å². The predicted octanol–water partition coefficient (Wildman–Crippen LogP) is 1.31. The van der Waals surface area contributed by atoms with Gasteiger partial charge in [-0.3, -0.25) is 4.79 Å². The summed E-state index contributed by atoms with van der Waals surface area (Å²) in [5, 5.41) is 0. The lowest BCUT2D eigenvalue weighted by Crippen LogP contribution is -2.31. The van der Waals surface area contributed by atoms with Crippen molar-refractivity contribution >= 4 is 18.4 Å². The van der Waals surface area contributed by atoms with Gasteiger partial charge in [0.15, 0.2) is 0 Å². The Balaban J connectivity index is 0.00000144. The fourth-order valence-corrected chi connectivity index (χ4v) is 1.59. The minimum atomic E-state index is -0.0652. The molecular formula is C9H18ClNO2. The zero-order valence-electron chi connectivity index (χ0n) is 8.28. The number of carbonyl (C=O) groups excluding carboxylic acids is 1. The molecule has 0 N–H and O–H groups in total. The second-order valence-electron chi connectivity index (χ2n) is 3.53. The maximum absolute atomic E-state index is 10.9. The number of piperidine rings is 1. The van der Waals surface area contributed by atoms with Crippen LogP contribution in [0.2, 0.25) is 0 Å². The molecule has 4 heteroatoms. The molecule has 0 aromatic carbocycles. The van der Waals surface area contributed by atoms with Gasteiger partial charge in [0.1, 0.15) is 0 Å². The Morgan fingerprint density at radius 1 is 1.46 bits per heavy atom. The molecule has 0 aromatic heterocycles. The van der Waals surface area contributed by atoms with E-state index in [2.05, 4.69) is 16.7 Å². The lowest BCUT2D eigenvalue weighted by molar-refractivity contribution is -0.142. The molecule has 1 fully saturated rings. The van der Waals surface area contributed by atoms with Crippen molar-refractivity contribution in [1.29, 1.82) is 0 Å². The first kappa shape index (κ1) is 12.7. The van der Waals surface area contributed by atoms with Gasteiger partial charge in [0.05, 0.1) is 7.11 Å². The molecule has 1 rings (SSSR count). The van der Waals surface area contributed by atoms with Crippen molar-refractivity contribution in [3.8, 4) is 0 Å². The first-order valence-corrected chi connectivity index (χ1v) is 4.47. The molecule has 0 aromatic rings. The van der Waals surface area contributed by atoms with Crippen LogP contribution in [-0.4, -0.2) is 38.1 Å². The molecule has 78 valence electrons. The van der Waals surface area contributed by atoms with E-state index in [9.17, 15) is 4.79 Å². The number of methoxy groups -OCH3 is 1. The van der Waals surface area contributed by atoms with Gasteiger partial charge in [0.25, 0.3) is 0 Å². The van der Waals surface area contributed by atoms with Crippen LogP contribution in [0.1, 0.15) is 19.3 Å². The highest BCUT2D eigenvalue weighted by atomic mass is 35.5. The first-order chi connectivity index (χ1) is 5.72. The third-order valence-electron chi connectivity index (χ3n) is 2.52. The number of carbonyl (C=O) groups is 1. The fourth-order valence-electron chi connectivity index (χ4n) is 1.59. The number of hydrogen-bond donors (Lipinski definition) is 0. The Morgan fingerprint density at radius 2 is 2.00 bits per heavy atom. The highest BCUT2D eigenvalue weighted by Gasteiger charge is 2.19. The van der Waals surface area contributed by atoms with Crippen LogP contribution in [0, 0.1) is 5.92 Å². The van der Waals surface area contributed by atoms with Crippen molar-refractivity contribution in [1.82, 2.24) is 4.90 Å². The molecule has 0 spiro atoms. The molecular weight excluding hydrogens is 190 g/mol. The van der Waals surface area contributed by atoms with E-state index in [1.807, 2.05) is 0 Å². The Hall–Kier alpha value is -0.280. The van der Waals surface area contributed by atoms with Gasteiger partial charge in [0, 0.05) is 6.42 Å². The normalized spacial score (nSPS) is 19.2. The monoisotopic (exact) mass is 207 g/mol. The van der Waals surface area contributed by atoms with Crippen LogP contribution in [0.5, 0.6) is 0 Å². The van der Waals surface area contributed by atoms with E-state index >= 15 is 0 Å². The molecule has 0 aliphatic carbocycles. The Bertz CT molecular complexity index is 156. The quantitative estimate of drug-likeness (QED) is 0.640.